The molecule has 1 fully saturated rings. The Labute approximate surface area is 119 Å². The Morgan fingerprint density at radius 3 is 2.30 bits per heavy atom. The van der Waals surface area contributed by atoms with Gasteiger partial charge in [-0.15, -0.1) is 0 Å². The Bertz CT molecular complexity index is 512. The number of piperidine rings is 1. The lowest BCUT2D eigenvalue weighted by molar-refractivity contribution is 0.0709. The van der Waals surface area contributed by atoms with Crippen LogP contribution >= 0.6 is 0 Å². The topological polar surface area (TPSA) is 78.9 Å². The van der Waals surface area contributed by atoms with E-state index in [1.54, 1.807) is 0 Å². The molecule has 1 saturated heterocycles. The van der Waals surface area contributed by atoms with Crippen LogP contribution in [-0.4, -0.2) is 34.9 Å². The number of benzene rings is 1. The number of likely N-dealkylation sites (tertiary alicyclic amines) is 1. The number of carbonyl (C=O) groups is 1. The largest absolute Gasteiger partial charge is 0.409 e. The molecule has 108 valence electrons. The quantitative estimate of drug-likeness (QED) is 0.374. The van der Waals surface area contributed by atoms with Crippen LogP contribution in [0.4, 0.5) is 0 Å². The van der Waals surface area contributed by atoms with Crippen molar-refractivity contribution in [3.8, 4) is 0 Å². The van der Waals surface area contributed by atoms with E-state index in [4.69, 9.17) is 10.9 Å². The first-order valence-electron chi connectivity index (χ1n) is 6.86. The van der Waals surface area contributed by atoms with Gasteiger partial charge in [0, 0.05) is 24.6 Å². The summed E-state index contributed by atoms with van der Waals surface area (Å²) in [5.41, 5.74) is 8.55. The van der Waals surface area contributed by atoms with Gasteiger partial charge in [0.15, 0.2) is 0 Å². The maximum Gasteiger partial charge on any atom is 0.253 e. The molecule has 1 amide bonds. The smallest absolute Gasteiger partial charge is 0.253 e. The molecule has 5 nitrogen and oxygen atoms in total. The minimum Gasteiger partial charge on any atom is -0.409 e. The molecule has 0 aliphatic carbocycles. The van der Waals surface area contributed by atoms with Gasteiger partial charge in [0.1, 0.15) is 5.84 Å². The van der Waals surface area contributed by atoms with E-state index < -0.39 is 0 Å². The van der Waals surface area contributed by atoms with Gasteiger partial charge in [0.05, 0.1) is 0 Å². The average molecular weight is 275 g/mol. The maximum absolute atomic E-state index is 12.5. The summed E-state index contributed by atoms with van der Waals surface area (Å²) in [6.45, 7) is 5.28. The van der Waals surface area contributed by atoms with Crippen molar-refractivity contribution in [1.82, 2.24) is 4.90 Å². The summed E-state index contributed by atoms with van der Waals surface area (Å²) in [5, 5.41) is 11.7. The lowest BCUT2D eigenvalue weighted by Gasteiger charge is -2.31. The molecular weight excluding hydrogens is 254 g/mol. The van der Waals surface area contributed by atoms with Crippen LogP contribution in [0, 0.1) is 19.8 Å². The van der Waals surface area contributed by atoms with Crippen LogP contribution in [0.5, 0.6) is 0 Å². The summed E-state index contributed by atoms with van der Waals surface area (Å²) >= 11 is 0. The highest BCUT2D eigenvalue weighted by atomic mass is 16.4. The Balaban J connectivity index is 2.05. The van der Waals surface area contributed by atoms with Crippen LogP contribution in [0.2, 0.25) is 0 Å². The number of hydrogen-bond acceptors (Lipinski definition) is 3. The Hall–Kier alpha value is -2.04. The van der Waals surface area contributed by atoms with Gasteiger partial charge in [-0.05, 0) is 38.8 Å². The zero-order valence-electron chi connectivity index (χ0n) is 12.0. The molecule has 1 aromatic rings. The first-order valence-corrected chi connectivity index (χ1v) is 6.86. The van der Waals surface area contributed by atoms with Gasteiger partial charge in [-0.25, -0.2) is 0 Å². The van der Waals surface area contributed by atoms with E-state index in [2.05, 4.69) is 11.2 Å². The van der Waals surface area contributed by atoms with Crippen molar-refractivity contribution in [2.75, 3.05) is 13.1 Å². The van der Waals surface area contributed by atoms with Gasteiger partial charge < -0.3 is 15.8 Å². The molecule has 0 unspecified atom stereocenters. The number of hydrogen-bond donors (Lipinski definition) is 2. The second kappa shape index (κ2) is 5.94. The summed E-state index contributed by atoms with van der Waals surface area (Å²) in [7, 11) is 0. The minimum atomic E-state index is 0.0646. The molecule has 0 atom stereocenters. The number of carbonyl (C=O) groups excluding carboxylic acids is 1. The molecule has 0 bridgehead atoms. The van der Waals surface area contributed by atoms with Crippen LogP contribution < -0.4 is 5.73 Å². The zero-order chi connectivity index (χ0) is 14.7. The third-order valence-corrected chi connectivity index (χ3v) is 3.78. The van der Waals surface area contributed by atoms with Crippen molar-refractivity contribution in [2.45, 2.75) is 26.7 Å². The van der Waals surface area contributed by atoms with E-state index in [1.165, 1.54) is 0 Å². The van der Waals surface area contributed by atoms with Crippen molar-refractivity contribution >= 4 is 11.7 Å². The summed E-state index contributed by atoms with van der Waals surface area (Å²) in [6.07, 6.45) is 1.48. The molecule has 0 saturated carbocycles. The van der Waals surface area contributed by atoms with Gasteiger partial charge in [0.25, 0.3) is 5.91 Å². The highest BCUT2D eigenvalue weighted by Crippen LogP contribution is 2.20. The molecule has 3 N–H and O–H groups in total. The number of aryl methyl sites for hydroxylation is 2. The molecular formula is C15H21N3O2. The minimum absolute atomic E-state index is 0.0646. The number of oxime groups is 1. The van der Waals surface area contributed by atoms with E-state index in [9.17, 15) is 4.79 Å². The van der Waals surface area contributed by atoms with Gasteiger partial charge in [-0.3, -0.25) is 4.79 Å². The SMILES string of the molecule is Cc1cc(C)cc(C(=O)N2CCC(C(N)=NO)CC2)c1. The van der Waals surface area contributed by atoms with E-state index >= 15 is 0 Å². The van der Waals surface area contributed by atoms with Crippen molar-refractivity contribution < 1.29 is 10.0 Å². The highest BCUT2D eigenvalue weighted by molar-refractivity contribution is 5.95. The van der Waals surface area contributed by atoms with Crippen molar-refractivity contribution in [3.05, 3.63) is 34.9 Å². The average Bonchev–Trinajstić information content (AvgIpc) is 2.45. The molecule has 2 rings (SSSR count). The van der Waals surface area contributed by atoms with E-state index in [0.29, 0.717) is 13.1 Å². The third kappa shape index (κ3) is 3.10. The van der Waals surface area contributed by atoms with Crippen molar-refractivity contribution in [1.29, 1.82) is 0 Å². The predicted molar refractivity (Wildman–Crippen MR) is 78.0 cm³/mol. The standard InChI is InChI=1S/C15H21N3O2/c1-10-7-11(2)9-13(8-10)15(19)18-5-3-12(4-6-18)14(16)17-20/h7-9,12,20H,3-6H2,1-2H3,(H2,16,17). The number of amides is 1. The molecule has 1 heterocycles. The van der Waals surface area contributed by atoms with Crippen molar-refractivity contribution in [3.63, 3.8) is 0 Å². The number of nitrogens with two attached hydrogens (primary N) is 1. The van der Waals surface area contributed by atoms with E-state index in [-0.39, 0.29) is 17.7 Å². The van der Waals surface area contributed by atoms with Gasteiger partial charge in [0.2, 0.25) is 0 Å². The first-order chi connectivity index (χ1) is 9.51. The number of amidine groups is 1. The van der Waals surface area contributed by atoms with Gasteiger partial charge >= 0.3 is 0 Å². The number of nitrogens with zero attached hydrogens (tertiary/aromatic N) is 2. The van der Waals surface area contributed by atoms with Crippen LogP contribution in [0.3, 0.4) is 0 Å². The second-order valence-corrected chi connectivity index (χ2v) is 5.47. The first kappa shape index (κ1) is 14.4. The molecule has 1 aliphatic heterocycles. The van der Waals surface area contributed by atoms with Gasteiger partial charge in [-0.1, -0.05) is 22.3 Å². The summed E-state index contributed by atoms with van der Waals surface area (Å²) in [6, 6.07) is 5.90. The molecule has 20 heavy (non-hydrogen) atoms. The molecule has 0 radical (unpaired) electrons. The Kier molecular flexibility index (Phi) is 4.27. The molecule has 5 heteroatoms. The third-order valence-electron chi connectivity index (χ3n) is 3.78. The maximum atomic E-state index is 12.5. The Morgan fingerprint density at radius 1 is 1.25 bits per heavy atom. The molecule has 1 aromatic carbocycles. The van der Waals surface area contributed by atoms with E-state index in [0.717, 1.165) is 29.5 Å². The summed E-state index contributed by atoms with van der Waals surface area (Å²) < 4.78 is 0. The fourth-order valence-corrected chi connectivity index (χ4v) is 2.74. The van der Waals surface area contributed by atoms with Gasteiger partial charge in [-0.2, -0.15) is 0 Å². The second-order valence-electron chi connectivity index (χ2n) is 5.47. The predicted octanol–water partition coefficient (Wildman–Crippen LogP) is 1.90. The number of rotatable bonds is 2. The normalized spacial score (nSPS) is 17.3. The molecule has 0 aromatic heterocycles. The summed E-state index contributed by atoms with van der Waals surface area (Å²) in [4.78, 5) is 14.3. The fourth-order valence-electron chi connectivity index (χ4n) is 2.74. The monoisotopic (exact) mass is 275 g/mol. The van der Waals surface area contributed by atoms with Crippen LogP contribution in [0.25, 0.3) is 0 Å². The highest BCUT2D eigenvalue weighted by Gasteiger charge is 2.25. The van der Waals surface area contributed by atoms with E-state index in [1.807, 2.05) is 30.9 Å². The van der Waals surface area contributed by atoms with Crippen molar-refractivity contribution in [2.24, 2.45) is 16.8 Å². The van der Waals surface area contributed by atoms with Crippen LogP contribution in [-0.2, 0) is 0 Å². The molecule has 0 spiro atoms. The molecule has 1 aliphatic rings. The van der Waals surface area contributed by atoms with Crippen LogP contribution in [0.15, 0.2) is 23.4 Å². The lowest BCUT2D eigenvalue weighted by Crippen LogP contribution is -2.41. The Morgan fingerprint density at radius 2 is 1.80 bits per heavy atom. The van der Waals surface area contributed by atoms with Crippen LogP contribution in [0.1, 0.15) is 34.3 Å². The lowest BCUT2D eigenvalue weighted by atomic mass is 9.95. The zero-order valence-corrected chi connectivity index (χ0v) is 12.0. The summed E-state index contributed by atoms with van der Waals surface area (Å²) in [5.74, 6) is 0.404. The fraction of sp³-hybridized carbons (Fsp3) is 0.467.